The van der Waals surface area contributed by atoms with Crippen LogP contribution in [-0.4, -0.2) is 35.8 Å². The molecule has 2 aliphatic rings. The average molecular weight is 252 g/mol. The van der Waals surface area contributed by atoms with Gasteiger partial charge < -0.3 is 5.32 Å². The molecule has 0 aromatic rings. The largest absolute Gasteiger partial charge is 0.303 e. The summed E-state index contributed by atoms with van der Waals surface area (Å²) in [5.74, 6) is -0.130. The van der Waals surface area contributed by atoms with Crippen LogP contribution in [0.1, 0.15) is 52.4 Å². The summed E-state index contributed by atoms with van der Waals surface area (Å²) in [6.45, 7) is 4.63. The van der Waals surface area contributed by atoms with E-state index in [0.717, 1.165) is 12.8 Å². The maximum absolute atomic E-state index is 11.8. The van der Waals surface area contributed by atoms with Gasteiger partial charge in [-0.15, -0.1) is 0 Å². The Bertz CT molecular complexity index is 352. The van der Waals surface area contributed by atoms with Crippen LogP contribution in [0.5, 0.6) is 0 Å². The lowest BCUT2D eigenvalue weighted by atomic mass is 9.85. The molecule has 1 aliphatic heterocycles. The van der Waals surface area contributed by atoms with Crippen LogP contribution in [0.2, 0.25) is 0 Å². The summed E-state index contributed by atoms with van der Waals surface area (Å²) in [5, 5.41) is 3.39. The van der Waals surface area contributed by atoms with Crippen LogP contribution in [0, 0.1) is 5.41 Å². The summed E-state index contributed by atoms with van der Waals surface area (Å²) in [5.41, 5.74) is 0.419. The molecule has 1 N–H and O–H groups in total. The van der Waals surface area contributed by atoms with Crippen LogP contribution in [0.15, 0.2) is 0 Å². The van der Waals surface area contributed by atoms with E-state index < -0.39 is 0 Å². The molecule has 0 spiro atoms. The number of carbonyl (C=O) groups excluding carboxylic acids is 2. The zero-order valence-electron chi connectivity index (χ0n) is 11.7. The molecule has 1 saturated carbocycles. The Morgan fingerprint density at radius 3 is 2.56 bits per heavy atom. The zero-order chi connectivity index (χ0) is 13.3. The topological polar surface area (TPSA) is 49.4 Å². The van der Waals surface area contributed by atoms with E-state index in [1.165, 1.54) is 24.2 Å². The summed E-state index contributed by atoms with van der Waals surface area (Å²) in [6.07, 6.45) is 6.20. The molecule has 2 amide bonds. The lowest BCUT2D eigenvalue weighted by Crippen LogP contribution is -2.43. The smallest absolute Gasteiger partial charge is 0.246 e. The van der Waals surface area contributed by atoms with E-state index in [4.69, 9.17) is 0 Å². The molecule has 102 valence electrons. The Morgan fingerprint density at radius 1 is 1.22 bits per heavy atom. The van der Waals surface area contributed by atoms with E-state index in [9.17, 15) is 9.59 Å². The molecule has 2 fully saturated rings. The molecule has 0 aromatic heterocycles. The van der Waals surface area contributed by atoms with Crippen molar-refractivity contribution in [2.24, 2.45) is 5.41 Å². The third-order valence-electron chi connectivity index (χ3n) is 4.39. The van der Waals surface area contributed by atoms with Crippen molar-refractivity contribution in [3.05, 3.63) is 0 Å². The minimum Gasteiger partial charge on any atom is -0.303 e. The van der Waals surface area contributed by atoms with E-state index in [2.05, 4.69) is 19.2 Å². The molecular weight excluding hydrogens is 228 g/mol. The molecule has 4 nitrogen and oxygen atoms in total. The molecule has 0 radical (unpaired) electrons. The Hall–Kier alpha value is -0.900. The van der Waals surface area contributed by atoms with Crippen molar-refractivity contribution < 1.29 is 9.59 Å². The molecule has 2 unspecified atom stereocenters. The standard InChI is InChI=1S/C14H24N2O2/c1-14(2)7-4-5-10(6-8-14)15-11-9-12(17)16(3)13(11)18/h10-11,15H,4-9H2,1-3H3. The monoisotopic (exact) mass is 252 g/mol. The van der Waals surface area contributed by atoms with Gasteiger partial charge in [-0.25, -0.2) is 0 Å². The van der Waals surface area contributed by atoms with Crippen LogP contribution in [-0.2, 0) is 9.59 Å². The molecule has 1 heterocycles. The number of nitrogens with one attached hydrogen (secondary N) is 1. The molecule has 0 bridgehead atoms. The van der Waals surface area contributed by atoms with Crippen molar-refractivity contribution in [1.82, 2.24) is 10.2 Å². The lowest BCUT2D eigenvalue weighted by Gasteiger charge is -2.23. The van der Waals surface area contributed by atoms with Crippen molar-refractivity contribution >= 4 is 11.8 Å². The molecule has 18 heavy (non-hydrogen) atoms. The Balaban J connectivity index is 1.90. The number of hydrogen-bond acceptors (Lipinski definition) is 3. The zero-order valence-corrected chi connectivity index (χ0v) is 11.7. The highest BCUT2D eigenvalue weighted by Crippen LogP contribution is 2.34. The molecule has 0 aromatic carbocycles. The van der Waals surface area contributed by atoms with Crippen molar-refractivity contribution in [3.63, 3.8) is 0 Å². The molecule has 1 aliphatic carbocycles. The maximum atomic E-state index is 11.8. The minimum atomic E-state index is -0.284. The van der Waals surface area contributed by atoms with Crippen LogP contribution < -0.4 is 5.32 Å². The highest BCUT2D eigenvalue weighted by atomic mass is 16.2. The normalized spacial score (nSPS) is 32.7. The van der Waals surface area contributed by atoms with Crippen molar-refractivity contribution in [3.8, 4) is 0 Å². The quantitative estimate of drug-likeness (QED) is 0.601. The van der Waals surface area contributed by atoms with E-state index in [1.807, 2.05) is 0 Å². The van der Waals surface area contributed by atoms with E-state index in [1.54, 1.807) is 7.05 Å². The van der Waals surface area contributed by atoms with Gasteiger partial charge in [0.05, 0.1) is 12.5 Å². The summed E-state index contributed by atoms with van der Waals surface area (Å²) in [6, 6.07) is 0.105. The molecule has 2 atom stereocenters. The summed E-state index contributed by atoms with van der Waals surface area (Å²) in [7, 11) is 1.57. The Kier molecular flexibility index (Phi) is 3.76. The minimum absolute atomic E-state index is 0.0635. The number of carbonyl (C=O) groups is 2. The van der Waals surface area contributed by atoms with Gasteiger partial charge >= 0.3 is 0 Å². The van der Waals surface area contributed by atoms with Gasteiger partial charge in [0.1, 0.15) is 0 Å². The maximum Gasteiger partial charge on any atom is 0.246 e. The first-order valence-corrected chi connectivity index (χ1v) is 6.95. The second-order valence-corrected chi connectivity index (χ2v) is 6.51. The number of nitrogens with zero attached hydrogens (tertiary/aromatic N) is 1. The van der Waals surface area contributed by atoms with E-state index in [0.29, 0.717) is 17.9 Å². The van der Waals surface area contributed by atoms with Gasteiger partial charge in [0.15, 0.2) is 0 Å². The summed E-state index contributed by atoms with van der Waals surface area (Å²) < 4.78 is 0. The van der Waals surface area contributed by atoms with Crippen LogP contribution in [0.4, 0.5) is 0 Å². The first kappa shape index (κ1) is 13.5. The molecule has 1 saturated heterocycles. The summed E-state index contributed by atoms with van der Waals surface area (Å²) >= 11 is 0. The molecule has 4 heteroatoms. The predicted molar refractivity (Wildman–Crippen MR) is 70.0 cm³/mol. The average Bonchev–Trinajstić information content (AvgIpc) is 2.48. The second kappa shape index (κ2) is 5.00. The predicted octanol–water partition coefficient (Wildman–Crippen LogP) is 1.69. The number of likely N-dealkylation sites (N-methyl/N-ethyl adjacent to an activating group) is 1. The van der Waals surface area contributed by atoms with Gasteiger partial charge in [-0.1, -0.05) is 20.3 Å². The van der Waals surface area contributed by atoms with Crippen molar-refractivity contribution in [2.45, 2.75) is 64.5 Å². The summed E-state index contributed by atoms with van der Waals surface area (Å²) in [4.78, 5) is 24.6. The van der Waals surface area contributed by atoms with Crippen LogP contribution in [0.3, 0.4) is 0 Å². The van der Waals surface area contributed by atoms with Gasteiger partial charge in [-0.05, 0) is 31.1 Å². The second-order valence-electron chi connectivity index (χ2n) is 6.51. The van der Waals surface area contributed by atoms with Gasteiger partial charge in [0, 0.05) is 13.1 Å². The number of likely N-dealkylation sites (tertiary alicyclic amines) is 1. The number of imide groups is 1. The fourth-order valence-electron chi connectivity index (χ4n) is 3.00. The fourth-order valence-corrected chi connectivity index (χ4v) is 3.00. The van der Waals surface area contributed by atoms with E-state index >= 15 is 0 Å². The first-order chi connectivity index (χ1) is 8.39. The third kappa shape index (κ3) is 2.91. The highest BCUT2D eigenvalue weighted by molar-refractivity contribution is 6.05. The van der Waals surface area contributed by atoms with Gasteiger partial charge in [0.25, 0.3) is 0 Å². The van der Waals surface area contributed by atoms with Gasteiger partial charge in [0.2, 0.25) is 11.8 Å². The SMILES string of the molecule is CN1C(=O)CC(NC2CCCC(C)(C)CC2)C1=O. The number of hydrogen-bond donors (Lipinski definition) is 1. The highest BCUT2D eigenvalue weighted by Gasteiger charge is 2.37. The van der Waals surface area contributed by atoms with Crippen LogP contribution in [0.25, 0.3) is 0 Å². The van der Waals surface area contributed by atoms with Gasteiger partial charge in [-0.3, -0.25) is 14.5 Å². The number of rotatable bonds is 2. The lowest BCUT2D eigenvalue weighted by molar-refractivity contribution is -0.137. The molecular formula is C14H24N2O2. The fraction of sp³-hybridized carbons (Fsp3) is 0.857. The van der Waals surface area contributed by atoms with Crippen molar-refractivity contribution in [1.29, 1.82) is 0 Å². The molecule has 2 rings (SSSR count). The number of amides is 2. The van der Waals surface area contributed by atoms with Crippen LogP contribution >= 0.6 is 0 Å². The Labute approximate surface area is 109 Å². The van der Waals surface area contributed by atoms with E-state index in [-0.39, 0.29) is 17.9 Å². The van der Waals surface area contributed by atoms with Gasteiger partial charge in [-0.2, -0.15) is 0 Å². The Morgan fingerprint density at radius 2 is 1.94 bits per heavy atom. The first-order valence-electron chi connectivity index (χ1n) is 6.95. The van der Waals surface area contributed by atoms with Crippen molar-refractivity contribution in [2.75, 3.05) is 7.05 Å². The third-order valence-corrected chi connectivity index (χ3v) is 4.39.